The smallest absolute Gasteiger partial charge is 0.429 e. The highest BCUT2D eigenvalue weighted by Gasteiger charge is 2.57. The maximum atomic E-state index is 13.1. The molecular formula is C24H24N2O4. The second-order valence-electron chi connectivity index (χ2n) is 8.02. The number of carbonyl (C=O) groups excluding carboxylic acids is 2. The van der Waals surface area contributed by atoms with E-state index in [1.165, 1.54) is 10.0 Å². The van der Waals surface area contributed by atoms with Gasteiger partial charge in [-0.2, -0.15) is 0 Å². The lowest BCUT2D eigenvalue weighted by molar-refractivity contribution is -0.159. The summed E-state index contributed by atoms with van der Waals surface area (Å²) >= 11 is 0. The third kappa shape index (κ3) is 3.32. The lowest BCUT2D eigenvalue weighted by Gasteiger charge is -2.59. The van der Waals surface area contributed by atoms with Gasteiger partial charge in [-0.3, -0.25) is 0 Å². The van der Waals surface area contributed by atoms with Crippen LogP contribution >= 0.6 is 0 Å². The summed E-state index contributed by atoms with van der Waals surface area (Å²) in [5.41, 5.74) is 1.82. The molecular weight excluding hydrogens is 380 g/mol. The molecule has 2 amide bonds. The average Bonchev–Trinajstić information content (AvgIpc) is 2.76. The van der Waals surface area contributed by atoms with Gasteiger partial charge in [-0.1, -0.05) is 72.8 Å². The first-order valence-electron chi connectivity index (χ1n) is 10.4. The Bertz CT molecular complexity index is 869. The van der Waals surface area contributed by atoms with Gasteiger partial charge in [-0.25, -0.2) is 19.6 Å². The number of rotatable bonds is 4. The number of amides is 2. The second-order valence-corrected chi connectivity index (χ2v) is 8.02. The van der Waals surface area contributed by atoms with E-state index in [-0.39, 0.29) is 37.1 Å². The Morgan fingerprint density at radius 3 is 1.47 bits per heavy atom. The Morgan fingerprint density at radius 1 is 0.700 bits per heavy atom. The van der Waals surface area contributed by atoms with Crippen LogP contribution in [0.4, 0.5) is 9.59 Å². The predicted octanol–water partition coefficient (Wildman–Crippen LogP) is 4.53. The molecule has 2 aromatic rings. The van der Waals surface area contributed by atoms with Crippen LogP contribution in [0.1, 0.15) is 24.0 Å². The van der Waals surface area contributed by atoms with Gasteiger partial charge in [-0.15, -0.1) is 0 Å². The number of ether oxygens (including phenoxy) is 2. The number of carbonyl (C=O) groups is 2. The van der Waals surface area contributed by atoms with Gasteiger partial charge in [0.15, 0.2) is 0 Å². The van der Waals surface area contributed by atoms with E-state index in [1.807, 2.05) is 60.7 Å². The Hall–Kier alpha value is -3.28. The van der Waals surface area contributed by atoms with Crippen LogP contribution in [0.25, 0.3) is 0 Å². The zero-order chi connectivity index (χ0) is 20.5. The fourth-order valence-corrected chi connectivity index (χ4v) is 4.77. The minimum Gasteiger partial charge on any atom is -0.443 e. The number of hydrogen-bond acceptors (Lipinski definition) is 4. The molecule has 2 aliphatic carbocycles. The van der Waals surface area contributed by atoms with Crippen molar-refractivity contribution < 1.29 is 19.1 Å². The number of benzene rings is 2. The normalized spacial score (nSPS) is 26.0. The lowest BCUT2D eigenvalue weighted by Crippen LogP contribution is -2.71. The van der Waals surface area contributed by atoms with E-state index in [1.54, 1.807) is 0 Å². The SMILES string of the molecule is O=C(OCc1ccccc1)N1C2CCC(C3C=CC32)N1C(=O)OCc1ccccc1. The van der Waals surface area contributed by atoms with Crippen LogP contribution in [0.5, 0.6) is 0 Å². The summed E-state index contributed by atoms with van der Waals surface area (Å²) in [6, 6.07) is 19.0. The van der Waals surface area contributed by atoms with Gasteiger partial charge in [0.2, 0.25) is 0 Å². The van der Waals surface area contributed by atoms with Crippen molar-refractivity contribution in [2.24, 2.45) is 11.8 Å². The molecule has 4 aliphatic rings. The predicted molar refractivity (Wildman–Crippen MR) is 110 cm³/mol. The number of hydrazine groups is 1. The maximum Gasteiger partial charge on any atom is 0.429 e. The van der Waals surface area contributed by atoms with Crippen molar-refractivity contribution in [3.63, 3.8) is 0 Å². The lowest BCUT2D eigenvalue weighted by atomic mass is 9.64. The summed E-state index contributed by atoms with van der Waals surface area (Å²) in [6.45, 7) is 0.342. The van der Waals surface area contributed by atoms with E-state index in [9.17, 15) is 9.59 Å². The molecule has 0 spiro atoms. The first-order chi connectivity index (χ1) is 14.7. The van der Waals surface area contributed by atoms with Crippen LogP contribution in [0, 0.1) is 11.8 Å². The summed E-state index contributed by atoms with van der Waals surface area (Å²) in [7, 11) is 0. The Kier molecular flexibility index (Phi) is 4.91. The second kappa shape index (κ2) is 7.86. The van der Waals surface area contributed by atoms with Gasteiger partial charge in [0.25, 0.3) is 0 Å². The average molecular weight is 404 g/mol. The molecule has 154 valence electrons. The highest BCUT2D eigenvalue weighted by atomic mass is 16.6. The molecule has 3 fully saturated rings. The minimum atomic E-state index is -0.496. The monoisotopic (exact) mass is 404 g/mol. The van der Waals surface area contributed by atoms with E-state index in [0.717, 1.165) is 24.0 Å². The van der Waals surface area contributed by atoms with Crippen molar-refractivity contribution in [1.29, 1.82) is 0 Å². The molecule has 1 saturated carbocycles. The zero-order valence-corrected chi connectivity index (χ0v) is 16.6. The molecule has 2 aromatic carbocycles. The van der Waals surface area contributed by atoms with E-state index in [2.05, 4.69) is 12.2 Å². The topological polar surface area (TPSA) is 59.1 Å². The molecule has 0 aromatic heterocycles. The van der Waals surface area contributed by atoms with Crippen LogP contribution in [0.2, 0.25) is 0 Å². The number of nitrogens with zero attached hydrogens (tertiary/aromatic N) is 2. The highest BCUT2D eigenvalue weighted by molar-refractivity contribution is 5.76. The fraction of sp³-hybridized carbons (Fsp3) is 0.333. The van der Waals surface area contributed by atoms with Crippen LogP contribution in [-0.4, -0.2) is 34.3 Å². The van der Waals surface area contributed by atoms with Crippen LogP contribution in [0.3, 0.4) is 0 Å². The fourth-order valence-electron chi connectivity index (χ4n) is 4.77. The molecule has 2 bridgehead atoms. The largest absolute Gasteiger partial charge is 0.443 e. The summed E-state index contributed by atoms with van der Waals surface area (Å²) in [5.74, 6) is 0.567. The minimum absolute atomic E-state index is 0.0717. The zero-order valence-electron chi connectivity index (χ0n) is 16.6. The van der Waals surface area contributed by atoms with E-state index < -0.39 is 12.2 Å². The van der Waals surface area contributed by atoms with Crippen LogP contribution < -0.4 is 0 Å². The van der Waals surface area contributed by atoms with Gasteiger partial charge in [0, 0.05) is 11.8 Å². The maximum absolute atomic E-state index is 13.1. The molecule has 2 heterocycles. The van der Waals surface area contributed by atoms with Crippen LogP contribution in [-0.2, 0) is 22.7 Å². The van der Waals surface area contributed by atoms with Gasteiger partial charge in [0.1, 0.15) is 13.2 Å². The quantitative estimate of drug-likeness (QED) is 0.703. The highest BCUT2D eigenvalue weighted by Crippen LogP contribution is 2.49. The Labute approximate surface area is 175 Å². The summed E-state index contributed by atoms with van der Waals surface area (Å²) in [6.07, 6.45) is 5.02. The summed E-state index contributed by atoms with van der Waals surface area (Å²) < 4.78 is 11.2. The molecule has 30 heavy (non-hydrogen) atoms. The number of fused-ring (bicyclic) bond motifs is 2. The third-order valence-corrected chi connectivity index (χ3v) is 6.29. The molecule has 6 heteroatoms. The van der Waals surface area contributed by atoms with Gasteiger partial charge in [-0.05, 0) is 24.0 Å². The van der Waals surface area contributed by atoms with E-state index >= 15 is 0 Å². The van der Waals surface area contributed by atoms with E-state index in [4.69, 9.17) is 9.47 Å². The first kappa shape index (κ1) is 18.7. The molecule has 6 nitrogen and oxygen atoms in total. The van der Waals surface area contributed by atoms with Crippen molar-refractivity contribution in [2.45, 2.75) is 38.1 Å². The van der Waals surface area contributed by atoms with E-state index in [0.29, 0.717) is 0 Å². The van der Waals surface area contributed by atoms with Gasteiger partial charge < -0.3 is 9.47 Å². The summed E-state index contributed by atoms with van der Waals surface area (Å²) in [5, 5.41) is 3.02. The Balaban J connectivity index is 1.32. The first-order valence-corrected chi connectivity index (χ1v) is 10.4. The molecule has 0 N–H and O–H groups in total. The van der Waals surface area contributed by atoms with Crippen molar-refractivity contribution in [3.05, 3.63) is 83.9 Å². The molecule has 2 saturated heterocycles. The molecule has 4 atom stereocenters. The van der Waals surface area contributed by atoms with Gasteiger partial charge in [0.05, 0.1) is 12.1 Å². The third-order valence-electron chi connectivity index (χ3n) is 6.29. The van der Waals surface area contributed by atoms with Crippen molar-refractivity contribution in [3.8, 4) is 0 Å². The molecule has 6 rings (SSSR count). The van der Waals surface area contributed by atoms with Crippen molar-refractivity contribution >= 4 is 12.2 Å². The van der Waals surface area contributed by atoms with Crippen molar-refractivity contribution in [1.82, 2.24) is 10.0 Å². The number of hydrogen-bond donors (Lipinski definition) is 0. The molecule has 0 radical (unpaired) electrons. The molecule has 2 aliphatic heterocycles. The van der Waals surface area contributed by atoms with Crippen molar-refractivity contribution in [2.75, 3.05) is 0 Å². The van der Waals surface area contributed by atoms with Gasteiger partial charge >= 0.3 is 12.2 Å². The summed E-state index contributed by atoms with van der Waals surface area (Å²) in [4.78, 5) is 26.1. The van der Waals surface area contributed by atoms with Crippen LogP contribution in [0.15, 0.2) is 72.8 Å². The molecule has 4 unspecified atom stereocenters. The standard InChI is InChI=1S/C24H24N2O4/c27-23(29-15-17-7-3-1-4-8-17)25-21-13-14-22(20-12-11-19(20)21)26(25)24(28)30-16-18-9-5-2-6-10-18/h1-12,19-22H,13-16H2. The Morgan fingerprint density at radius 2 is 1.10 bits per heavy atom.